The van der Waals surface area contributed by atoms with Gasteiger partial charge in [-0.2, -0.15) is 0 Å². The van der Waals surface area contributed by atoms with Gasteiger partial charge in [0.1, 0.15) is 0 Å². The molecule has 0 unspecified atom stereocenters. The molecule has 5 rings (SSSR count). The molecule has 34 heavy (non-hydrogen) atoms. The van der Waals surface area contributed by atoms with Crippen LogP contribution in [0.4, 0.5) is 21.0 Å². The lowest BCUT2D eigenvalue weighted by Gasteiger charge is -2.43. The maximum atomic E-state index is 13.2. The molecule has 2 atom stereocenters. The molecule has 1 heterocycles. The van der Waals surface area contributed by atoms with Crippen LogP contribution in [0, 0.1) is 0 Å². The van der Waals surface area contributed by atoms with Gasteiger partial charge in [0.25, 0.3) is 0 Å². The molecule has 0 bridgehead atoms. The average Bonchev–Trinajstić information content (AvgIpc) is 2.85. The van der Waals surface area contributed by atoms with Gasteiger partial charge in [0.15, 0.2) is 0 Å². The number of nitrogens with one attached hydrogen (secondary N) is 2. The van der Waals surface area contributed by atoms with E-state index in [9.17, 15) is 9.59 Å². The summed E-state index contributed by atoms with van der Waals surface area (Å²) in [6.07, 6.45) is 0. The van der Waals surface area contributed by atoms with E-state index in [2.05, 4.69) is 10.6 Å². The van der Waals surface area contributed by atoms with Crippen LogP contribution in [0.1, 0.15) is 13.8 Å². The highest BCUT2D eigenvalue weighted by Crippen LogP contribution is 2.26. The van der Waals surface area contributed by atoms with Gasteiger partial charge < -0.3 is 20.4 Å². The van der Waals surface area contributed by atoms with Crippen molar-refractivity contribution >= 4 is 45.0 Å². The number of rotatable bonds is 2. The van der Waals surface area contributed by atoms with E-state index in [1.54, 1.807) is 0 Å². The van der Waals surface area contributed by atoms with Crippen molar-refractivity contribution in [2.24, 2.45) is 0 Å². The molecule has 6 nitrogen and oxygen atoms in total. The van der Waals surface area contributed by atoms with E-state index in [0.29, 0.717) is 13.1 Å². The standard InChI is InChI=1S/C28H28N4O2/c1-19-17-32(28(34)30-26-16-8-12-22-10-4-6-14-24(22)26)20(2)18-31(19)27(33)29-25-15-7-11-21-9-3-5-13-23(21)25/h3-16,19-20H,17-18H2,1-2H3,(H,29,33)(H,30,34)/t19-,20-/m0/s1. The van der Waals surface area contributed by atoms with Crippen LogP contribution in [0.5, 0.6) is 0 Å². The molecule has 2 N–H and O–H groups in total. The van der Waals surface area contributed by atoms with Crippen molar-refractivity contribution in [2.75, 3.05) is 23.7 Å². The first-order chi connectivity index (χ1) is 16.5. The topological polar surface area (TPSA) is 64.7 Å². The van der Waals surface area contributed by atoms with Crippen LogP contribution in [-0.2, 0) is 0 Å². The number of carbonyl (C=O) groups is 2. The Labute approximate surface area is 199 Å². The summed E-state index contributed by atoms with van der Waals surface area (Å²) in [6, 6.07) is 27.2. The summed E-state index contributed by atoms with van der Waals surface area (Å²) in [6.45, 7) is 4.88. The van der Waals surface area contributed by atoms with E-state index in [-0.39, 0.29) is 24.1 Å². The minimum atomic E-state index is -0.148. The van der Waals surface area contributed by atoms with Gasteiger partial charge in [-0.15, -0.1) is 0 Å². The Balaban J connectivity index is 1.28. The summed E-state index contributed by atoms with van der Waals surface area (Å²) in [5, 5.41) is 10.3. The van der Waals surface area contributed by atoms with Crippen LogP contribution in [0.25, 0.3) is 21.5 Å². The van der Waals surface area contributed by atoms with Crippen LogP contribution in [0.2, 0.25) is 0 Å². The summed E-state index contributed by atoms with van der Waals surface area (Å²) in [5.74, 6) is 0. The van der Waals surface area contributed by atoms with Crippen molar-refractivity contribution in [3.63, 3.8) is 0 Å². The smallest absolute Gasteiger partial charge is 0.318 e. The molecule has 4 aromatic rings. The van der Waals surface area contributed by atoms with Gasteiger partial charge in [-0.25, -0.2) is 9.59 Å². The Kier molecular flexibility index (Phi) is 5.80. The van der Waals surface area contributed by atoms with Crippen molar-refractivity contribution in [1.82, 2.24) is 9.80 Å². The van der Waals surface area contributed by atoms with Crippen molar-refractivity contribution < 1.29 is 9.59 Å². The van der Waals surface area contributed by atoms with Crippen LogP contribution in [0.3, 0.4) is 0 Å². The van der Waals surface area contributed by atoms with Crippen molar-refractivity contribution in [1.29, 1.82) is 0 Å². The quantitative estimate of drug-likeness (QED) is 0.383. The lowest BCUT2D eigenvalue weighted by Crippen LogP contribution is -2.61. The predicted molar refractivity (Wildman–Crippen MR) is 138 cm³/mol. The van der Waals surface area contributed by atoms with Gasteiger partial charge in [-0.05, 0) is 36.8 Å². The van der Waals surface area contributed by atoms with Gasteiger partial charge >= 0.3 is 12.1 Å². The molecule has 0 aliphatic carbocycles. The van der Waals surface area contributed by atoms with Crippen molar-refractivity contribution in [3.8, 4) is 0 Å². The molecule has 1 aliphatic heterocycles. The van der Waals surface area contributed by atoms with Gasteiger partial charge in [0, 0.05) is 35.9 Å². The van der Waals surface area contributed by atoms with E-state index in [1.807, 2.05) is 109 Å². The Morgan fingerprint density at radius 1 is 0.618 bits per heavy atom. The highest BCUT2D eigenvalue weighted by atomic mass is 16.2. The number of hydrogen-bond donors (Lipinski definition) is 2. The summed E-state index contributed by atoms with van der Waals surface area (Å²) in [4.78, 5) is 30.0. The maximum absolute atomic E-state index is 13.2. The van der Waals surface area contributed by atoms with E-state index in [4.69, 9.17) is 0 Å². The largest absolute Gasteiger partial charge is 0.322 e. The fraction of sp³-hybridized carbons (Fsp3) is 0.214. The molecule has 1 aliphatic rings. The molecule has 1 saturated heterocycles. The summed E-state index contributed by atoms with van der Waals surface area (Å²) in [7, 11) is 0. The predicted octanol–water partition coefficient (Wildman–Crippen LogP) is 6.15. The molecule has 4 aromatic carbocycles. The minimum Gasteiger partial charge on any atom is -0.318 e. The molecule has 0 aromatic heterocycles. The minimum absolute atomic E-state index is 0.121. The van der Waals surface area contributed by atoms with E-state index < -0.39 is 0 Å². The van der Waals surface area contributed by atoms with Crippen LogP contribution < -0.4 is 10.6 Å². The fourth-order valence-electron chi connectivity index (χ4n) is 4.74. The normalized spacial score (nSPS) is 18.2. The van der Waals surface area contributed by atoms with E-state index in [1.165, 1.54) is 0 Å². The number of carbonyl (C=O) groups excluding carboxylic acids is 2. The first-order valence-electron chi connectivity index (χ1n) is 11.6. The van der Waals surface area contributed by atoms with Gasteiger partial charge in [0.2, 0.25) is 0 Å². The third-order valence-electron chi connectivity index (χ3n) is 6.57. The van der Waals surface area contributed by atoms with Gasteiger partial charge in [-0.1, -0.05) is 72.8 Å². The molecule has 6 heteroatoms. The first-order valence-corrected chi connectivity index (χ1v) is 11.6. The van der Waals surface area contributed by atoms with E-state index >= 15 is 0 Å². The zero-order valence-electron chi connectivity index (χ0n) is 19.4. The number of benzene rings is 4. The number of hydrogen-bond acceptors (Lipinski definition) is 2. The summed E-state index contributed by atoms with van der Waals surface area (Å²) in [5.41, 5.74) is 1.58. The summed E-state index contributed by atoms with van der Waals surface area (Å²) < 4.78 is 0. The van der Waals surface area contributed by atoms with Gasteiger partial charge in [0.05, 0.1) is 11.4 Å². The monoisotopic (exact) mass is 452 g/mol. The van der Waals surface area contributed by atoms with E-state index in [0.717, 1.165) is 32.9 Å². The Morgan fingerprint density at radius 2 is 1.00 bits per heavy atom. The van der Waals surface area contributed by atoms with Crippen molar-refractivity contribution in [2.45, 2.75) is 25.9 Å². The number of amides is 4. The third-order valence-corrected chi connectivity index (χ3v) is 6.57. The Bertz CT molecular complexity index is 1250. The average molecular weight is 453 g/mol. The Hall–Kier alpha value is -4.06. The summed E-state index contributed by atoms with van der Waals surface area (Å²) >= 11 is 0. The highest BCUT2D eigenvalue weighted by Gasteiger charge is 2.34. The van der Waals surface area contributed by atoms with Crippen LogP contribution >= 0.6 is 0 Å². The molecule has 4 amide bonds. The SMILES string of the molecule is C[C@H]1CN(C(=O)Nc2cccc3ccccc23)[C@@H](C)CN1C(=O)Nc1cccc2ccccc12. The number of fused-ring (bicyclic) bond motifs is 2. The zero-order chi connectivity index (χ0) is 23.7. The zero-order valence-corrected chi connectivity index (χ0v) is 19.4. The molecule has 0 saturated carbocycles. The number of urea groups is 2. The maximum Gasteiger partial charge on any atom is 0.322 e. The fourth-order valence-corrected chi connectivity index (χ4v) is 4.74. The molecule has 0 spiro atoms. The molecular formula is C28H28N4O2. The Morgan fingerprint density at radius 3 is 1.44 bits per heavy atom. The second kappa shape index (κ2) is 9.06. The van der Waals surface area contributed by atoms with Crippen molar-refractivity contribution in [3.05, 3.63) is 84.9 Å². The van der Waals surface area contributed by atoms with Crippen LogP contribution in [0.15, 0.2) is 84.9 Å². The van der Waals surface area contributed by atoms with Crippen LogP contribution in [-0.4, -0.2) is 47.0 Å². The lowest BCUT2D eigenvalue weighted by atomic mass is 10.1. The number of nitrogens with zero attached hydrogens (tertiary/aromatic N) is 2. The molecule has 172 valence electrons. The van der Waals surface area contributed by atoms with Gasteiger partial charge in [-0.3, -0.25) is 0 Å². The molecule has 0 radical (unpaired) electrons. The first kappa shape index (κ1) is 21.8. The second-order valence-corrected chi connectivity index (χ2v) is 8.92. The molecule has 1 fully saturated rings. The highest BCUT2D eigenvalue weighted by molar-refractivity contribution is 6.03. The number of piperazine rings is 1. The number of anilines is 2. The second-order valence-electron chi connectivity index (χ2n) is 8.92. The third kappa shape index (κ3) is 4.15. The molecular weight excluding hydrogens is 424 g/mol. The lowest BCUT2D eigenvalue weighted by molar-refractivity contribution is 0.0917.